The van der Waals surface area contributed by atoms with Crippen LogP contribution in [0.1, 0.15) is 0 Å². The van der Waals surface area contributed by atoms with Crippen molar-refractivity contribution in [3.8, 4) is 5.75 Å². The fourth-order valence-electron chi connectivity index (χ4n) is 0.790. The van der Waals surface area contributed by atoms with E-state index in [-0.39, 0.29) is 0 Å². The molecule has 0 saturated carbocycles. The Morgan fingerprint density at radius 3 is 1.50 bits per heavy atom. The van der Waals surface area contributed by atoms with E-state index in [0.717, 1.165) is 0 Å². The highest BCUT2D eigenvalue weighted by Gasteiger charge is 2.37. The zero-order chi connectivity index (χ0) is 12.7. The molecule has 0 unspecified atom stereocenters. The number of benzene rings is 1. The summed E-state index contributed by atoms with van der Waals surface area (Å²) in [4.78, 5) is 0. The summed E-state index contributed by atoms with van der Waals surface area (Å²) in [6.07, 6.45) is -5.49. The summed E-state index contributed by atoms with van der Waals surface area (Å²) in [7, 11) is 0. The van der Waals surface area contributed by atoms with E-state index in [1.807, 2.05) is 0 Å². The van der Waals surface area contributed by atoms with Crippen LogP contribution in [0.3, 0.4) is 0 Å². The molecular formula is C7ClF7O. The van der Waals surface area contributed by atoms with Crippen LogP contribution >= 0.6 is 11.6 Å². The molecule has 90 valence electrons. The summed E-state index contributed by atoms with van der Waals surface area (Å²) in [5.74, 6) is -11.3. The van der Waals surface area contributed by atoms with Crippen molar-refractivity contribution in [2.75, 3.05) is 0 Å². The minimum atomic E-state index is -5.49. The summed E-state index contributed by atoms with van der Waals surface area (Å²) < 4.78 is 88.5. The first-order chi connectivity index (χ1) is 7.15. The fraction of sp³-hybridized carbons (Fsp3) is 0.143. The molecule has 0 saturated heterocycles. The number of halogens is 8. The Morgan fingerprint density at radius 1 is 0.812 bits per heavy atom. The van der Waals surface area contributed by atoms with Crippen LogP contribution in [0.4, 0.5) is 30.7 Å². The average Bonchev–Trinajstić information content (AvgIpc) is 2.17. The van der Waals surface area contributed by atoms with E-state index in [4.69, 9.17) is 11.6 Å². The minimum Gasteiger partial charge on any atom is -0.399 e. The molecule has 0 atom stereocenters. The molecule has 0 spiro atoms. The monoisotopic (exact) mass is 268 g/mol. The third kappa shape index (κ3) is 2.31. The van der Waals surface area contributed by atoms with Gasteiger partial charge in [0.25, 0.3) is 0 Å². The predicted octanol–water partition coefficient (Wildman–Crippen LogP) is 3.79. The molecule has 1 nitrogen and oxygen atoms in total. The highest BCUT2D eigenvalue weighted by Crippen LogP contribution is 2.35. The van der Waals surface area contributed by atoms with Crippen LogP contribution in [-0.2, 0) is 0 Å². The first kappa shape index (κ1) is 12.9. The minimum absolute atomic E-state index is 1.59. The molecule has 0 N–H and O–H groups in total. The van der Waals surface area contributed by atoms with Crippen LogP contribution in [0.15, 0.2) is 0 Å². The average molecular weight is 269 g/mol. The van der Waals surface area contributed by atoms with E-state index in [0.29, 0.717) is 0 Å². The van der Waals surface area contributed by atoms with Gasteiger partial charge in [0.2, 0.25) is 17.4 Å². The van der Waals surface area contributed by atoms with Crippen molar-refractivity contribution in [3.63, 3.8) is 0 Å². The third-order valence-corrected chi connectivity index (χ3v) is 1.72. The number of hydrogen-bond acceptors (Lipinski definition) is 1. The molecule has 0 aliphatic heterocycles. The SMILES string of the molecule is Fc1c(F)c(OC(F)(F)F)c(F)c(F)c1Cl. The molecule has 0 radical (unpaired) electrons. The number of rotatable bonds is 1. The predicted molar refractivity (Wildman–Crippen MR) is 38.0 cm³/mol. The maximum absolute atomic E-state index is 12.7. The molecule has 0 aliphatic rings. The molecule has 0 amide bonds. The van der Waals surface area contributed by atoms with Crippen molar-refractivity contribution in [1.82, 2.24) is 0 Å². The van der Waals surface area contributed by atoms with E-state index >= 15 is 0 Å². The quantitative estimate of drug-likeness (QED) is 0.428. The van der Waals surface area contributed by atoms with Crippen LogP contribution in [-0.4, -0.2) is 6.36 Å². The Morgan fingerprint density at radius 2 is 1.19 bits per heavy atom. The lowest BCUT2D eigenvalue weighted by Gasteiger charge is -2.11. The van der Waals surface area contributed by atoms with Crippen molar-refractivity contribution >= 4 is 11.6 Å². The number of alkyl halides is 3. The van der Waals surface area contributed by atoms with Gasteiger partial charge in [0, 0.05) is 0 Å². The summed E-state index contributed by atoms with van der Waals surface area (Å²) in [5, 5.41) is -1.59. The van der Waals surface area contributed by atoms with Crippen LogP contribution in [0.2, 0.25) is 5.02 Å². The van der Waals surface area contributed by atoms with Gasteiger partial charge < -0.3 is 4.74 Å². The summed E-state index contributed by atoms with van der Waals surface area (Å²) in [5.41, 5.74) is 0. The number of ether oxygens (including phenoxy) is 1. The topological polar surface area (TPSA) is 9.23 Å². The van der Waals surface area contributed by atoms with Gasteiger partial charge in [-0.3, -0.25) is 0 Å². The van der Waals surface area contributed by atoms with Crippen molar-refractivity contribution < 1.29 is 35.5 Å². The second-order valence-corrected chi connectivity index (χ2v) is 2.82. The molecule has 1 aromatic carbocycles. The summed E-state index contributed by atoms with van der Waals surface area (Å²) in [6, 6.07) is 0. The lowest BCUT2D eigenvalue weighted by molar-refractivity contribution is -0.276. The molecule has 0 heterocycles. The van der Waals surface area contributed by atoms with E-state index in [9.17, 15) is 30.7 Å². The van der Waals surface area contributed by atoms with Gasteiger partial charge in [-0.2, -0.15) is 8.78 Å². The first-order valence-electron chi connectivity index (χ1n) is 3.42. The smallest absolute Gasteiger partial charge is 0.399 e. The van der Waals surface area contributed by atoms with Crippen LogP contribution in [0.25, 0.3) is 0 Å². The van der Waals surface area contributed by atoms with Crippen molar-refractivity contribution in [3.05, 3.63) is 28.3 Å². The molecule has 0 aliphatic carbocycles. The zero-order valence-electron chi connectivity index (χ0n) is 6.93. The highest BCUT2D eigenvalue weighted by atomic mass is 35.5. The Labute approximate surface area is 88.4 Å². The summed E-state index contributed by atoms with van der Waals surface area (Å²) in [6.45, 7) is 0. The van der Waals surface area contributed by atoms with Crippen LogP contribution in [0, 0.1) is 23.3 Å². The zero-order valence-corrected chi connectivity index (χ0v) is 7.69. The van der Waals surface area contributed by atoms with E-state index in [1.54, 1.807) is 0 Å². The fourth-order valence-corrected chi connectivity index (χ4v) is 0.956. The van der Waals surface area contributed by atoms with Gasteiger partial charge in [-0.25, -0.2) is 8.78 Å². The van der Waals surface area contributed by atoms with Crippen molar-refractivity contribution in [2.24, 2.45) is 0 Å². The van der Waals surface area contributed by atoms with Gasteiger partial charge in [0.15, 0.2) is 11.6 Å². The maximum Gasteiger partial charge on any atom is 0.573 e. The van der Waals surface area contributed by atoms with Crippen LogP contribution < -0.4 is 4.74 Å². The highest BCUT2D eigenvalue weighted by molar-refractivity contribution is 6.30. The molecule has 0 bridgehead atoms. The molecule has 16 heavy (non-hydrogen) atoms. The van der Waals surface area contributed by atoms with Gasteiger partial charge in [-0.15, -0.1) is 13.2 Å². The molecular weight excluding hydrogens is 269 g/mol. The molecule has 1 rings (SSSR count). The normalized spacial score (nSPS) is 11.8. The van der Waals surface area contributed by atoms with Gasteiger partial charge in [-0.05, 0) is 0 Å². The third-order valence-electron chi connectivity index (χ3n) is 1.39. The lowest BCUT2D eigenvalue weighted by atomic mass is 10.3. The standard InChI is InChI=1S/C7ClF7O/c8-1-2(9)4(11)6(5(12)3(1)10)16-7(13,14)15. The molecule has 0 aromatic heterocycles. The van der Waals surface area contributed by atoms with Gasteiger partial charge in [0.1, 0.15) is 5.02 Å². The maximum atomic E-state index is 12.7. The molecule has 0 fully saturated rings. The van der Waals surface area contributed by atoms with E-state index < -0.39 is 40.4 Å². The lowest BCUT2D eigenvalue weighted by Crippen LogP contribution is -2.20. The van der Waals surface area contributed by atoms with Crippen molar-refractivity contribution in [1.29, 1.82) is 0 Å². The Balaban J connectivity index is 3.40. The van der Waals surface area contributed by atoms with E-state index in [2.05, 4.69) is 4.74 Å². The summed E-state index contributed by atoms with van der Waals surface area (Å²) >= 11 is 4.76. The largest absolute Gasteiger partial charge is 0.573 e. The Hall–Kier alpha value is -1.18. The Bertz CT molecular complexity index is 399. The van der Waals surface area contributed by atoms with Gasteiger partial charge in [-0.1, -0.05) is 11.6 Å². The second kappa shape index (κ2) is 4.00. The van der Waals surface area contributed by atoms with Gasteiger partial charge in [0.05, 0.1) is 0 Å². The molecule has 9 heteroatoms. The van der Waals surface area contributed by atoms with Crippen molar-refractivity contribution in [2.45, 2.75) is 6.36 Å². The van der Waals surface area contributed by atoms with E-state index in [1.165, 1.54) is 0 Å². The Kier molecular flexibility index (Phi) is 3.22. The second-order valence-electron chi connectivity index (χ2n) is 2.45. The van der Waals surface area contributed by atoms with Crippen LogP contribution in [0.5, 0.6) is 5.75 Å². The number of hydrogen-bond donors (Lipinski definition) is 0. The molecule has 1 aromatic rings. The first-order valence-corrected chi connectivity index (χ1v) is 3.80. The van der Waals surface area contributed by atoms with Gasteiger partial charge >= 0.3 is 6.36 Å².